The number of aromatic nitrogens is 3. The number of Topliss-reactive ketones (excluding diaryl/α,β-unsaturated/α-hetero) is 1. The summed E-state index contributed by atoms with van der Waals surface area (Å²) >= 11 is 1.25. The average Bonchev–Trinajstić information content (AvgIpc) is 3.58. The van der Waals surface area contributed by atoms with Crippen molar-refractivity contribution >= 4 is 39.6 Å². The fourth-order valence-electron chi connectivity index (χ4n) is 4.43. The number of imidazole rings is 1. The summed E-state index contributed by atoms with van der Waals surface area (Å²) < 4.78 is 7.64. The number of carbonyl (C=O) groups is 2. The number of nitrogens with zero attached hydrogens (tertiary/aromatic N) is 4. The highest BCUT2D eigenvalue weighted by atomic mass is 32.1. The first kappa shape index (κ1) is 23.7. The van der Waals surface area contributed by atoms with Gasteiger partial charge in [-0.15, -0.1) is 11.3 Å². The Morgan fingerprint density at radius 2 is 1.94 bits per heavy atom. The quantitative estimate of drug-likeness (QED) is 0.161. The number of hydrogen-bond donors (Lipinski definition) is 1. The average molecular weight is 503 g/mol. The van der Waals surface area contributed by atoms with Gasteiger partial charge in [-0.1, -0.05) is 31.5 Å². The molecule has 1 atom stereocenters. The third-order valence-electron chi connectivity index (χ3n) is 6.34. The largest absolute Gasteiger partial charge is 0.505 e. The molecule has 0 spiro atoms. The number of thiazole rings is 1. The van der Waals surface area contributed by atoms with Crippen LogP contribution in [0, 0.1) is 13.8 Å². The van der Waals surface area contributed by atoms with E-state index in [-0.39, 0.29) is 17.0 Å². The first-order valence-electron chi connectivity index (χ1n) is 11.8. The third-order valence-corrected chi connectivity index (χ3v) is 7.11. The second-order valence-corrected chi connectivity index (χ2v) is 9.56. The lowest BCUT2D eigenvalue weighted by Gasteiger charge is -2.23. The summed E-state index contributed by atoms with van der Waals surface area (Å²) in [5.74, 6) is -1.12. The van der Waals surface area contributed by atoms with Gasteiger partial charge in [0.1, 0.15) is 17.1 Å². The molecule has 4 heterocycles. The number of anilines is 1. The number of rotatable bonds is 7. The van der Waals surface area contributed by atoms with Crippen LogP contribution in [0.15, 0.2) is 59.7 Å². The molecule has 1 saturated heterocycles. The van der Waals surface area contributed by atoms with Gasteiger partial charge in [0.2, 0.25) is 0 Å². The summed E-state index contributed by atoms with van der Waals surface area (Å²) in [6.07, 6.45) is 5.41. The highest BCUT2D eigenvalue weighted by Crippen LogP contribution is 2.43. The molecule has 4 aromatic rings. The van der Waals surface area contributed by atoms with Crippen LogP contribution in [0.1, 0.15) is 48.3 Å². The van der Waals surface area contributed by atoms with Crippen molar-refractivity contribution in [3.05, 3.63) is 82.3 Å². The Bertz CT molecular complexity index is 1470. The molecular formula is C27H26N4O4S. The van der Waals surface area contributed by atoms with E-state index >= 15 is 0 Å². The Balaban J connectivity index is 1.65. The maximum Gasteiger partial charge on any atom is 0.301 e. The highest BCUT2D eigenvalue weighted by Gasteiger charge is 2.48. The minimum Gasteiger partial charge on any atom is -0.505 e. The van der Waals surface area contributed by atoms with Crippen LogP contribution >= 0.6 is 11.3 Å². The van der Waals surface area contributed by atoms with Crippen molar-refractivity contribution < 1.29 is 19.4 Å². The molecule has 1 amide bonds. The highest BCUT2D eigenvalue weighted by molar-refractivity contribution is 7.14. The molecule has 1 fully saturated rings. The number of carbonyl (C=O) groups excluding carboxylic acids is 2. The standard InChI is InChI=1S/C27H26N4O4S/c1-4-5-14-35-19-10-8-18(9-11-19)22-20(24(33)26(34)31(22)27-28-12-15-36-27)23(32)21-17(3)30-13-6-7-16(2)25(30)29-21/h6-13,15,22,32H,4-5,14H2,1-3H3. The van der Waals surface area contributed by atoms with Gasteiger partial charge in [0, 0.05) is 17.8 Å². The smallest absolute Gasteiger partial charge is 0.301 e. The van der Waals surface area contributed by atoms with Gasteiger partial charge in [0.25, 0.3) is 5.78 Å². The molecule has 1 aliphatic heterocycles. The van der Waals surface area contributed by atoms with Gasteiger partial charge in [-0.2, -0.15) is 0 Å². The number of fused-ring (bicyclic) bond motifs is 1. The zero-order valence-electron chi connectivity index (χ0n) is 20.3. The Morgan fingerprint density at radius 1 is 1.17 bits per heavy atom. The van der Waals surface area contributed by atoms with Crippen LogP contribution in [-0.4, -0.2) is 37.8 Å². The lowest BCUT2D eigenvalue weighted by Crippen LogP contribution is -2.29. The van der Waals surface area contributed by atoms with E-state index in [2.05, 4.69) is 16.9 Å². The van der Waals surface area contributed by atoms with Crippen molar-refractivity contribution in [1.29, 1.82) is 0 Å². The normalized spacial score (nSPS) is 17.3. The molecule has 1 N–H and O–H groups in total. The molecule has 0 radical (unpaired) electrons. The number of aliphatic hydroxyl groups excluding tert-OH is 1. The lowest BCUT2D eigenvalue weighted by atomic mass is 9.96. The minimum atomic E-state index is -0.855. The minimum absolute atomic E-state index is 0.0148. The monoisotopic (exact) mass is 502 g/mol. The van der Waals surface area contributed by atoms with Crippen LogP contribution in [-0.2, 0) is 9.59 Å². The number of ketones is 1. The van der Waals surface area contributed by atoms with Crippen molar-refractivity contribution in [2.24, 2.45) is 0 Å². The van der Waals surface area contributed by atoms with E-state index in [9.17, 15) is 14.7 Å². The van der Waals surface area contributed by atoms with Crippen molar-refractivity contribution in [2.45, 2.75) is 39.7 Å². The number of benzene rings is 1. The number of amides is 1. The number of pyridine rings is 1. The van der Waals surface area contributed by atoms with Gasteiger partial charge < -0.3 is 14.2 Å². The van der Waals surface area contributed by atoms with Gasteiger partial charge in [0.05, 0.1) is 23.9 Å². The van der Waals surface area contributed by atoms with E-state index in [0.717, 1.165) is 18.4 Å². The summed E-state index contributed by atoms with van der Waals surface area (Å²) in [7, 11) is 0. The van der Waals surface area contributed by atoms with Crippen LogP contribution in [0.5, 0.6) is 5.75 Å². The molecule has 1 aliphatic rings. The molecule has 9 heteroatoms. The molecule has 0 aliphatic carbocycles. The summed E-state index contributed by atoms with van der Waals surface area (Å²) in [4.78, 5) is 36.8. The van der Waals surface area contributed by atoms with Crippen LogP contribution in [0.4, 0.5) is 5.13 Å². The second-order valence-electron chi connectivity index (χ2n) is 8.69. The van der Waals surface area contributed by atoms with E-state index in [1.807, 2.05) is 60.8 Å². The first-order chi connectivity index (χ1) is 17.4. The van der Waals surface area contributed by atoms with Gasteiger partial charge >= 0.3 is 5.91 Å². The molecule has 0 bridgehead atoms. The molecule has 184 valence electrons. The van der Waals surface area contributed by atoms with Crippen LogP contribution in [0.25, 0.3) is 11.4 Å². The third kappa shape index (κ3) is 3.95. The van der Waals surface area contributed by atoms with Gasteiger partial charge in [-0.05, 0) is 49.6 Å². The summed E-state index contributed by atoms with van der Waals surface area (Å²) in [5.41, 5.74) is 3.19. The second kappa shape index (κ2) is 9.58. The predicted molar refractivity (Wildman–Crippen MR) is 138 cm³/mol. The van der Waals surface area contributed by atoms with Crippen molar-refractivity contribution in [2.75, 3.05) is 11.5 Å². The Kier molecular flexibility index (Phi) is 6.32. The van der Waals surface area contributed by atoms with E-state index in [4.69, 9.17) is 4.74 Å². The van der Waals surface area contributed by atoms with E-state index in [0.29, 0.717) is 34.4 Å². The van der Waals surface area contributed by atoms with Gasteiger partial charge in [0.15, 0.2) is 10.9 Å². The summed E-state index contributed by atoms with van der Waals surface area (Å²) in [6.45, 7) is 6.46. The Labute approximate surface area is 212 Å². The predicted octanol–water partition coefficient (Wildman–Crippen LogP) is 5.21. The maximum absolute atomic E-state index is 13.4. The van der Waals surface area contributed by atoms with Crippen molar-refractivity contribution in [1.82, 2.24) is 14.4 Å². The van der Waals surface area contributed by atoms with Crippen LogP contribution in [0.2, 0.25) is 0 Å². The fourth-order valence-corrected chi connectivity index (χ4v) is 5.10. The summed E-state index contributed by atoms with van der Waals surface area (Å²) in [5, 5.41) is 13.6. The molecule has 0 saturated carbocycles. The number of unbranched alkanes of at least 4 members (excludes halogenated alkanes) is 1. The molecule has 5 rings (SSSR count). The van der Waals surface area contributed by atoms with Crippen molar-refractivity contribution in [3.63, 3.8) is 0 Å². The van der Waals surface area contributed by atoms with E-state index < -0.39 is 17.7 Å². The fraction of sp³-hybridized carbons (Fsp3) is 0.259. The number of ether oxygens (including phenoxy) is 1. The Hall–Kier alpha value is -3.98. The molecule has 8 nitrogen and oxygen atoms in total. The van der Waals surface area contributed by atoms with E-state index in [1.54, 1.807) is 11.6 Å². The molecular weight excluding hydrogens is 476 g/mol. The van der Waals surface area contributed by atoms with Crippen molar-refractivity contribution in [3.8, 4) is 5.75 Å². The zero-order chi connectivity index (χ0) is 25.4. The molecule has 3 aromatic heterocycles. The number of aliphatic hydroxyl groups is 1. The van der Waals surface area contributed by atoms with E-state index in [1.165, 1.54) is 16.2 Å². The van der Waals surface area contributed by atoms with Gasteiger partial charge in [-0.25, -0.2) is 9.97 Å². The van der Waals surface area contributed by atoms with Crippen LogP contribution in [0.3, 0.4) is 0 Å². The lowest BCUT2D eigenvalue weighted by molar-refractivity contribution is -0.132. The van der Waals surface area contributed by atoms with Gasteiger partial charge in [-0.3, -0.25) is 14.5 Å². The number of hydrogen-bond acceptors (Lipinski definition) is 7. The SMILES string of the molecule is CCCCOc1ccc(C2C(=C(O)c3nc4c(C)cccn4c3C)C(=O)C(=O)N2c2nccs2)cc1. The Morgan fingerprint density at radius 3 is 2.61 bits per heavy atom. The van der Waals surface area contributed by atoms with Crippen LogP contribution < -0.4 is 9.64 Å². The number of aryl methyl sites for hydroxylation is 2. The first-order valence-corrected chi connectivity index (χ1v) is 12.7. The molecule has 36 heavy (non-hydrogen) atoms. The molecule has 1 aromatic carbocycles. The molecule has 1 unspecified atom stereocenters. The maximum atomic E-state index is 13.4. The zero-order valence-corrected chi connectivity index (χ0v) is 21.1. The summed E-state index contributed by atoms with van der Waals surface area (Å²) in [6, 6.07) is 10.2. The topological polar surface area (TPSA) is 97.0 Å².